The van der Waals surface area contributed by atoms with Crippen LogP contribution in [0.1, 0.15) is 44.9 Å². The molecule has 0 amide bonds. The molecule has 0 aromatic carbocycles. The van der Waals surface area contributed by atoms with E-state index >= 15 is 0 Å². The first kappa shape index (κ1) is 14.8. The Morgan fingerprint density at radius 1 is 1.36 bits per heavy atom. The molecule has 5 heteroatoms. The molecule has 5 nitrogen and oxygen atoms in total. The van der Waals surface area contributed by atoms with Crippen molar-refractivity contribution >= 4 is 5.78 Å². The number of allylic oxidation sites excluding steroid dienone is 1. The Hall–Kier alpha value is -0.750. The van der Waals surface area contributed by atoms with Gasteiger partial charge >= 0.3 is 0 Å². The average molecular weight is 307 g/mol. The van der Waals surface area contributed by atoms with Gasteiger partial charge in [-0.15, -0.1) is 0 Å². The van der Waals surface area contributed by atoms with Gasteiger partial charge in [0.15, 0.2) is 11.5 Å². The summed E-state index contributed by atoms with van der Waals surface area (Å²) in [6.45, 7) is 0.668. The summed E-state index contributed by atoms with van der Waals surface area (Å²) in [5, 5.41) is 0. The van der Waals surface area contributed by atoms with Gasteiger partial charge in [0, 0.05) is 13.5 Å². The third-order valence-corrected chi connectivity index (χ3v) is 5.90. The van der Waals surface area contributed by atoms with Crippen molar-refractivity contribution in [1.82, 2.24) is 0 Å². The SMILES string of the molecule is CO[C@@H]1C(=O)CC[C@]2(CO2)[C@H]1[C@@]1(N)O[C@@H]1CC=C1CCCC1. The van der Waals surface area contributed by atoms with Gasteiger partial charge in [0.2, 0.25) is 0 Å². The molecular formula is C17H25NO4. The van der Waals surface area contributed by atoms with Crippen molar-refractivity contribution in [2.75, 3.05) is 13.7 Å². The van der Waals surface area contributed by atoms with Crippen LogP contribution in [0.2, 0.25) is 0 Å². The molecule has 0 radical (unpaired) electrons. The van der Waals surface area contributed by atoms with Crippen LogP contribution in [0.15, 0.2) is 11.6 Å². The molecular weight excluding hydrogens is 282 g/mol. The molecule has 2 saturated heterocycles. The van der Waals surface area contributed by atoms with Gasteiger partial charge in [-0.25, -0.2) is 0 Å². The highest BCUT2D eigenvalue weighted by atomic mass is 16.6. The van der Waals surface area contributed by atoms with E-state index in [1.165, 1.54) is 31.3 Å². The summed E-state index contributed by atoms with van der Waals surface area (Å²) in [6.07, 6.45) is 8.88. The number of hydrogen-bond acceptors (Lipinski definition) is 5. The van der Waals surface area contributed by atoms with E-state index in [2.05, 4.69) is 6.08 Å². The molecule has 0 aromatic heterocycles. The summed E-state index contributed by atoms with van der Waals surface area (Å²) >= 11 is 0. The maximum Gasteiger partial charge on any atom is 0.162 e. The number of hydrogen-bond donors (Lipinski definition) is 1. The topological polar surface area (TPSA) is 77.4 Å². The van der Waals surface area contributed by atoms with E-state index < -0.39 is 11.8 Å². The molecule has 122 valence electrons. The normalized spacial score (nSPS) is 47.1. The second-order valence-corrected chi connectivity index (χ2v) is 7.22. The summed E-state index contributed by atoms with van der Waals surface area (Å²) < 4.78 is 17.1. The van der Waals surface area contributed by atoms with Crippen molar-refractivity contribution in [2.45, 2.75) is 68.5 Å². The Bertz CT molecular complexity index is 505. The summed E-state index contributed by atoms with van der Waals surface area (Å²) in [4.78, 5) is 12.2. The Morgan fingerprint density at radius 2 is 2.09 bits per heavy atom. The van der Waals surface area contributed by atoms with Crippen LogP contribution in [0.4, 0.5) is 0 Å². The van der Waals surface area contributed by atoms with E-state index in [1.54, 1.807) is 7.11 Å². The fourth-order valence-corrected chi connectivity index (χ4v) is 4.45. The highest BCUT2D eigenvalue weighted by molar-refractivity contribution is 5.85. The van der Waals surface area contributed by atoms with Crippen molar-refractivity contribution in [3.63, 3.8) is 0 Å². The fourth-order valence-electron chi connectivity index (χ4n) is 4.45. The second kappa shape index (κ2) is 5.13. The minimum absolute atomic E-state index is 0.0183. The number of ketones is 1. The monoisotopic (exact) mass is 307 g/mol. The van der Waals surface area contributed by atoms with Gasteiger partial charge < -0.3 is 19.9 Å². The Balaban J connectivity index is 1.50. The quantitative estimate of drug-likeness (QED) is 0.632. The number of ether oxygens (including phenoxy) is 3. The van der Waals surface area contributed by atoms with Gasteiger partial charge in [-0.2, -0.15) is 0 Å². The maximum absolute atomic E-state index is 12.2. The average Bonchev–Trinajstić information content (AvgIpc) is 3.35. The lowest BCUT2D eigenvalue weighted by atomic mass is 9.71. The third-order valence-electron chi connectivity index (χ3n) is 5.90. The zero-order chi connectivity index (χ0) is 15.4. The Kier molecular flexibility index (Phi) is 3.45. The lowest BCUT2D eigenvalue weighted by Gasteiger charge is -2.37. The molecule has 1 spiro atoms. The number of methoxy groups -OCH3 is 1. The molecule has 4 rings (SSSR count). The molecule has 4 aliphatic rings. The summed E-state index contributed by atoms with van der Waals surface area (Å²) in [5.74, 6) is -0.0555. The van der Waals surface area contributed by atoms with Crippen molar-refractivity contribution in [2.24, 2.45) is 11.7 Å². The Morgan fingerprint density at radius 3 is 2.73 bits per heavy atom. The van der Waals surface area contributed by atoms with Crippen LogP contribution in [0.25, 0.3) is 0 Å². The zero-order valence-corrected chi connectivity index (χ0v) is 13.2. The summed E-state index contributed by atoms with van der Waals surface area (Å²) in [5.41, 5.74) is 6.99. The molecule has 22 heavy (non-hydrogen) atoms. The van der Waals surface area contributed by atoms with Gasteiger partial charge in [-0.05, 0) is 38.5 Å². The van der Waals surface area contributed by atoms with E-state index in [9.17, 15) is 4.79 Å². The Labute approximate surface area is 131 Å². The van der Waals surface area contributed by atoms with Gasteiger partial charge in [0.05, 0.1) is 12.5 Å². The lowest BCUT2D eigenvalue weighted by molar-refractivity contribution is -0.142. The van der Waals surface area contributed by atoms with Crippen LogP contribution in [0.5, 0.6) is 0 Å². The van der Waals surface area contributed by atoms with E-state index in [1.807, 2.05) is 0 Å². The van der Waals surface area contributed by atoms with Crippen molar-refractivity contribution in [3.8, 4) is 0 Å². The predicted octanol–water partition coefficient (Wildman–Crippen LogP) is 1.69. The lowest BCUT2D eigenvalue weighted by Crippen LogP contribution is -2.57. The van der Waals surface area contributed by atoms with Gasteiger partial charge in [0.25, 0.3) is 0 Å². The molecule has 2 saturated carbocycles. The number of carbonyl (C=O) groups excluding carboxylic acids is 1. The second-order valence-electron chi connectivity index (χ2n) is 7.22. The first-order chi connectivity index (χ1) is 10.6. The molecule has 2 N–H and O–H groups in total. The summed E-state index contributed by atoms with van der Waals surface area (Å²) in [6, 6.07) is 0. The van der Waals surface area contributed by atoms with Gasteiger partial charge in [0.1, 0.15) is 17.8 Å². The molecule has 0 unspecified atom stereocenters. The first-order valence-electron chi connectivity index (χ1n) is 8.43. The van der Waals surface area contributed by atoms with Crippen LogP contribution in [0.3, 0.4) is 0 Å². The minimum Gasteiger partial charge on any atom is -0.373 e. The molecule has 2 heterocycles. The molecule has 0 aromatic rings. The van der Waals surface area contributed by atoms with E-state index in [0.717, 1.165) is 12.8 Å². The predicted molar refractivity (Wildman–Crippen MR) is 80.2 cm³/mol. The highest BCUT2D eigenvalue weighted by Crippen LogP contribution is 2.56. The van der Waals surface area contributed by atoms with Crippen molar-refractivity contribution < 1.29 is 19.0 Å². The first-order valence-corrected chi connectivity index (χ1v) is 8.43. The highest BCUT2D eigenvalue weighted by Gasteiger charge is 2.72. The largest absolute Gasteiger partial charge is 0.373 e. The van der Waals surface area contributed by atoms with Crippen LogP contribution in [0, 0.1) is 5.92 Å². The molecule has 4 fully saturated rings. The van der Waals surface area contributed by atoms with E-state index in [4.69, 9.17) is 19.9 Å². The molecule has 5 atom stereocenters. The smallest absolute Gasteiger partial charge is 0.162 e. The number of carbonyl (C=O) groups is 1. The van der Waals surface area contributed by atoms with Gasteiger partial charge in [-0.1, -0.05) is 11.6 Å². The standard InChI is InChI=1S/C17H25NO4/c1-20-14-12(19)8-9-16(10-21-16)15(14)17(18)13(22-17)7-6-11-4-2-3-5-11/h6,13-15H,2-5,7-10,18H2,1H3/t13-,14-,15+,16+,17+/m1/s1. The zero-order valence-electron chi connectivity index (χ0n) is 13.2. The van der Waals surface area contributed by atoms with Crippen LogP contribution in [-0.2, 0) is 19.0 Å². The van der Waals surface area contributed by atoms with Crippen LogP contribution >= 0.6 is 0 Å². The fraction of sp³-hybridized carbons (Fsp3) is 0.824. The molecule has 2 aliphatic heterocycles. The number of epoxide rings is 2. The van der Waals surface area contributed by atoms with E-state index in [0.29, 0.717) is 13.0 Å². The van der Waals surface area contributed by atoms with Crippen molar-refractivity contribution in [1.29, 1.82) is 0 Å². The minimum atomic E-state index is -0.775. The van der Waals surface area contributed by atoms with Gasteiger partial charge in [-0.3, -0.25) is 4.79 Å². The third kappa shape index (κ3) is 2.26. The number of rotatable bonds is 4. The van der Waals surface area contributed by atoms with Crippen molar-refractivity contribution in [3.05, 3.63) is 11.6 Å². The van der Waals surface area contributed by atoms with E-state index in [-0.39, 0.29) is 23.4 Å². The van der Waals surface area contributed by atoms with Crippen LogP contribution in [-0.4, -0.2) is 43.0 Å². The molecule has 2 aliphatic carbocycles. The number of Topliss-reactive ketones (excluding diaryl/α,β-unsaturated/α-hetero) is 1. The summed E-state index contributed by atoms with van der Waals surface area (Å²) in [7, 11) is 1.58. The molecule has 0 bridgehead atoms. The maximum atomic E-state index is 12.2. The van der Waals surface area contributed by atoms with Crippen LogP contribution < -0.4 is 5.73 Å². The number of nitrogens with two attached hydrogens (primary N) is 1.